The van der Waals surface area contributed by atoms with E-state index >= 15 is 0 Å². The SMILES string of the molecule is CC(C)CC(CNC(C)C)Cc1ccn(C2CCCC2)n1. The topological polar surface area (TPSA) is 29.9 Å². The van der Waals surface area contributed by atoms with E-state index in [1.54, 1.807) is 0 Å². The fourth-order valence-corrected chi connectivity index (χ4v) is 3.46. The summed E-state index contributed by atoms with van der Waals surface area (Å²) in [4.78, 5) is 0. The highest BCUT2D eigenvalue weighted by Crippen LogP contribution is 2.29. The van der Waals surface area contributed by atoms with Crippen molar-refractivity contribution in [3.05, 3.63) is 18.0 Å². The Balaban J connectivity index is 1.91. The van der Waals surface area contributed by atoms with E-state index in [1.807, 2.05) is 0 Å². The molecule has 0 bridgehead atoms. The van der Waals surface area contributed by atoms with Crippen molar-refractivity contribution in [1.82, 2.24) is 15.1 Å². The summed E-state index contributed by atoms with van der Waals surface area (Å²) in [7, 11) is 0. The van der Waals surface area contributed by atoms with Crippen LogP contribution in [0, 0.1) is 11.8 Å². The van der Waals surface area contributed by atoms with Crippen LogP contribution in [0.3, 0.4) is 0 Å². The van der Waals surface area contributed by atoms with Crippen LogP contribution in [0.4, 0.5) is 0 Å². The lowest BCUT2D eigenvalue weighted by Gasteiger charge is -2.20. The van der Waals surface area contributed by atoms with Crippen LogP contribution in [0.2, 0.25) is 0 Å². The van der Waals surface area contributed by atoms with Crippen molar-refractivity contribution in [2.45, 2.75) is 78.3 Å². The molecule has 1 aliphatic carbocycles. The zero-order valence-electron chi connectivity index (χ0n) is 14.3. The van der Waals surface area contributed by atoms with Crippen molar-refractivity contribution in [1.29, 1.82) is 0 Å². The maximum absolute atomic E-state index is 4.86. The summed E-state index contributed by atoms with van der Waals surface area (Å²) >= 11 is 0. The summed E-state index contributed by atoms with van der Waals surface area (Å²) in [5.41, 5.74) is 1.28. The predicted octanol–water partition coefficient (Wildman–Crippen LogP) is 4.20. The Hall–Kier alpha value is -0.830. The van der Waals surface area contributed by atoms with Crippen molar-refractivity contribution in [3.63, 3.8) is 0 Å². The summed E-state index contributed by atoms with van der Waals surface area (Å²) in [5, 5.41) is 8.45. The van der Waals surface area contributed by atoms with E-state index in [4.69, 9.17) is 5.10 Å². The second-order valence-corrected chi connectivity index (χ2v) is 7.49. The van der Waals surface area contributed by atoms with Gasteiger partial charge in [0, 0.05) is 12.2 Å². The fourth-order valence-electron chi connectivity index (χ4n) is 3.46. The minimum Gasteiger partial charge on any atom is -0.314 e. The lowest BCUT2D eigenvalue weighted by atomic mass is 9.92. The summed E-state index contributed by atoms with van der Waals surface area (Å²) in [6.45, 7) is 10.2. The van der Waals surface area contributed by atoms with Gasteiger partial charge in [-0.2, -0.15) is 5.10 Å². The minimum atomic E-state index is 0.565. The van der Waals surface area contributed by atoms with Crippen molar-refractivity contribution < 1.29 is 0 Å². The second kappa shape index (κ2) is 7.98. The number of nitrogens with one attached hydrogen (secondary N) is 1. The smallest absolute Gasteiger partial charge is 0.0627 e. The molecule has 0 radical (unpaired) electrons. The Morgan fingerprint density at radius 3 is 2.57 bits per heavy atom. The quantitative estimate of drug-likeness (QED) is 0.778. The highest BCUT2D eigenvalue weighted by molar-refractivity contribution is 5.02. The molecule has 120 valence electrons. The first kappa shape index (κ1) is 16.5. The average Bonchev–Trinajstić information content (AvgIpc) is 3.05. The highest BCUT2D eigenvalue weighted by atomic mass is 15.3. The van der Waals surface area contributed by atoms with Crippen molar-refractivity contribution in [3.8, 4) is 0 Å². The molecular formula is C18H33N3. The van der Waals surface area contributed by atoms with Crippen molar-refractivity contribution in [2.75, 3.05) is 6.54 Å². The van der Waals surface area contributed by atoms with Gasteiger partial charge in [-0.25, -0.2) is 0 Å². The molecule has 0 aromatic carbocycles. The predicted molar refractivity (Wildman–Crippen MR) is 89.5 cm³/mol. The van der Waals surface area contributed by atoms with Crippen molar-refractivity contribution in [2.24, 2.45) is 11.8 Å². The molecule has 21 heavy (non-hydrogen) atoms. The van der Waals surface area contributed by atoms with Gasteiger partial charge >= 0.3 is 0 Å². The van der Waals surface area contributed by atoms with E-state index < -0.39 is 0 Å². The Labute approximate surface area is 130 Å². The van der Waals surface area contributed by atoms with E-state index in [0.29, 0.717) is 18.0 Å². The lowest BCUT2D eigenvalue weighted by Crippen LogP contribution is -2.30. The molecule has 2 rings (SSSR count). The van der Waals surface area contributed by atoms with E-state index in [0.717, 1.165) is 18.9 Å². The van der Waals surface area contributed by atoms with Gasteiger partial charge in [0.1, 0.15) is 0 Å². The summed E-state index contributed by atoms with van der Waals surface area (Å²) in [6, 6.07) is 3.47. The van der Waals surface area contributed by atoms with E-state index in [-0.39, 0.29) is 0 Å². The van der Waals surface area contributed by atoms with Crippen LogP contribution >= 0.6 is 0 Å². The van der Waals surface area contributed by atoms with Crippen molar-refractivity contribution >= 4 is 0 Å². The average molecular weight is 291 g/mol. The molecule has 1 fully saturated rings. The molecule has 0 saturated heterocycles. The molecule has 1 aromatic heterocycles. The maximum Gasteiger partial charge on any atom is 0.0627 e. The molecule has 1 saturated carbocycles. The van der Waals surface area contributed by atoms with Gasteiger partial charge in [0.15, 0.2) is 0 Å². The third-order valence-electron chi connectivity index (χ3n) is 4.48. The van der Waals surface area contributed by atoms with Crippen LogP contribution in [-0.4, -0.2) is 22.4 Å². The molecule has 3 heteroatoms. The van der Waals surface area contributed by atoms with E-state index in [2.05, 4.69) is 50.0 Å². The zero-order chi connectivity index (χ0) is 15.2. The highest BCUT2D eigenvalue weighted by Gasteiger charge is 2.19. The first-order valence-electron chi connectivity index (χ1n) is 8.82. The molecular weight excluding hydrogens is 258 g/mol. The first-order chi connectivity index (χ1) is 10.0. The molecule has 1 aromatic rings. The summed E-state index contributed by atoms with van der Waals surface area (Å²) < 4.78 is 2.23. The molecule has 0 amide bonds. The number of hydrogen-bond donors (Lipinski definition) is 1. The third kappa shape index (κ3) is 5.46. The monoisotopic (exact) mass is 291 g/mol. The second-order valence-electron chi connectivity index (χ2n) is 7.49. The molecule has 0 spiro atoms. The van der Waals surface area contributed by atoms with Gasteiger partial charge in [-0.1, -0.05) is 40.5 Å². The van der Waals surface area contributed by atoms with Gasteiger partial charge < -0.3 is 5.32 Å². The van der Waals surface area contributed by atoms with Gasteiger partial charge in [0.05, 0.1) is 11.7 Å². The number of aromatic nitrogens is 2. The standard InChI is InChI=1S/C18H33N3/c1-14(2)11-16(13-19-15(3)4)12-17-9-10-21(20-17)18-7-5-6-8-18/h9-10,14-16,18-19H,5-8,11-13H2,1-4H3. The molecule has 0 aliphatic heterocycles. The Morgan fingerprint density at radius 1 is 1.24 bits per heavy atom. The van der Waals surface area contributed by atoms with Gasteiger partial charge in [-0.15, -0.1) is 0 Å². The Bertz CT molecular complexity index is 402. The molecule has 3 nitrogen and oxygen atoms in total. The van der Waals surface area contributed by atoms with Crippen LogP contribution < -0.4 is 5.32 Å². The van der Waals surface area contributed by atoms with Crippen LogP contribution in [0.5, 0.6) is 0 Å². The lowest BCUT2D eigenvalue weighted by molar-refractivity contribution is 0.367. The van der Waals surface area contributed by atoms with Crippen LogP contribution in [0.15, 0.2) is 12.3 Å². The van der Waals surface area contributed by atoms with Crippen LogP contribution in [0.25, 0.3) is 0 Å². The molecule has 1 aliphatic rings. The Kier molecular flexibility index (Phi) is 6.28. The normalized spacial score (nSPS) is 18.0. The van der Waals surface area contributed by atoms with Gasteiger partial charge in [-0.3, -0.25) is 4.68 Å². The molecule has 1 heterocycles. The van der Waals surface area contributed by atoms with E-state index in [1.165, 1.54) is 37.8 Å². The summed E-state index contributed by atoms with van der Waals surface area (Å²) in [5.74, 6) is 1.44. The Morgan fingerprint density at radius 2 is 1.95 bits per heavy atom. The van der Waals surface area contributed by atoms with Crippen LogP contribution in [-0.2, 0) is 6.42 Å². The van der Waals surface area contributed by atoms with Gasteiger partial charge in [0.2, 0.25) is 0 Å². The van der Waals surface area contributed by atoms with Gasteiger partial charge in [-0.05, 0) is 50.1 Å². The molecule has 1 unspecified atom stereocenters. The molecule has 1 N–H and O–H groups in total. The fraction of sp³-hybridized carbons (Fsp3) is 0.833. The number of hydrogen-bond acceptors (Lipinski definition) is 2. The first-order valence-corrected chi connectivity index (χ1v) is 8.82. The zero-order valence-corrected chi connectivity index (χ0v) is 14.3. The minimum absolute atomic E-state index is 0.565. The molecule has 1 atom stereocenters. The summed E-state index contributed by atoms with van der Waals surface area (Å²) in [6.07, 6.45) is 9.94. The largest absolute Gasteiger partial charge is 0.314 e. The van der Waals surface area contributed by atoms with E-state index in [9.17, 15) is 0 Å². The number of nitrogens with zero attached hydrogens (tertiary/aromatic N) is 2. The third-order valence-corrected chi connectivity index (χ3v) is 4.48. The van der Waals surface area contributed by atoms with Gasteiger partial charge in [0.25, 0.3) is 0 Å². The maximum atomic E-state index is 4.86. The number of rotatable bonds is 8. The van der Waals surface area contributed by atoms with Crippen LogP contribution in [0.1, 0.15) is 71.5 Å².